The topological polar surface area (TPSA) is 78.6 Å². The number of fused-ring (bicyclic) bond motifs is 1. The molecule has 2 atom stereocenters. The number of nitrogens with one attached hydrogen (secondary N) is 1. The molecule has 0 fully saturated rings. The molecule has 6 nitrogen and oxygen atoms in total. The Morgan fingerprint density at radius 1 is 1.32 bits per heavy atom. The number of hydrogen-bond acceptors (Lipinski definition) is 5. The van der Waals surface area contributed by atoms with Gasteiger partial charge in [-0.15, -0.1) is 0 Å². The van der Waals surface area contributed by atoms with Crippen LogP contribution in [-0.2, 0) is 0 Å². The van der Waals surface area contributed by atoms with Crippen LogP contribution in [0.15, 0.2) is 18.2 Å². The van der Waals surface area contributed by atoms with Crippen molar-refractivity contribution in [3.05, 3.63) is 33.9 Å². The highest BCUT2D eigenvalue weighted by molar-refractivity contribution is 5.60. The number of nitrogens with zero attached hydrogens (tertiary/aromatic N) is 2. The zero-order chi connectivity index (χ0) is 18.6. The van der Waals surface area contributed by atoms with E-state index in [1.54, 1.807) is 12.1 Å². The van der Waals surface area contributed by atoms with E-state index in [1.165, 1.54) is 0 Å². The molecule has 0 saturated carbocycles. The van der Waals surface area contributed by atoms with Crippen LogP contribution in [0.1, 0.15) is 58.6 Å². The number of rotatable bonds is 8. The Morgan fingerprint density at radius 2 is 1.96 bits per heavy atom. The summed E-state index contributed by atoms with van der Waals surface area (Å²) >= 11 is 0. The molecular formula is C19H31N3O3. The predicted octanol–water partition coefficient (Wildman–Crippen LogP) is 3.96. The average Bonchev–Trinajstić information content (AvgIpc) is 2.60. The predicted molar refractivity (Wildman–Crippen MR) is 101 cm³/mol. The van der Waals surface area contributed by atoms with Crippen molar-refractivity contribution >= 4 is 11.4 Å². The highest BCUT2D eigenvalue weighted by atomic mass is 16.6. The summed E-state index contributed by atoms with van der Waals surface area (Å²) in [7, 11) is 0. The average molecular weight is 349 g/mol. The van der Waals surface area contributed by atoms with E-state index in [-0.39, 0.29) is 34.7 Å². The van der Waals surface area contributed by atoms with Crippen molar-refractivity contribution in [2.24, 2.45) is 5.41 Å². The third kappa shape index (κ3) is 4.30. The van der Waals surface area contributed by atoms with Gasteiger partial charge in [0.25, 0.3) is 5.69 Å². The van der Waals surface area contributed by atoms with Crippen molar-refractivity contribution in [1.82, 2.24) is 4.90 Å². The molecule has 1 aromatic carbocycles. The van der Waals surface area contributed by atoms with Crippen molar-refractivity contribution in [3.63, 3.8) is 0 Å². The second kappa shape index (κ2) is 8.15. The summed E-state index contributed by atoms with van der Waals surface area (Å²) in [4.78, 5) is 13.3. The van der Waals surface area contributed by atoms with E-state index in [0.29, 0.717) is 0 Å². The zero-order valence-electron chi connectivity index (χ0n) is 15.8. The maximum atomic E-state index is 11.2. The standard InChI is InChI=1S/C19H31N3O3/c1-5-9-21(10-6-2)17-12-18(19(3,4)13-23)20-16-8-7-14(22(24)25)11-15(16)17/h7-8,11,17-18,20,23H,5-6,9-10,12-13H2,1-4H3/t17-,18-/m0/s1. The Hall–Kier alpha value is -1.66. The van der Waals surface area contributed by atoms with Gasteiger partial charge in [-0.3, -0.25) is 15.0 Å². The summed E-state index contributed by atoms with van der Waals surface area (Å²) in [6, 6.07) is 5.34. The number of benzene rings is 1. The lowest BCUT2D eigenvalue weighted by atomic mass is 9.77. The van der Waals surface area contributed by atoms with Gasteiger partial charge in [0.15, 0.2) is 0 Å². The summed E-state index contributed by atoms with van der Waals surface area (Å²) in [5.74, 6) is 0. The fourth-order valence-electron chi connectivity index (χ4n) is 3.64. The Kier molecular flexibility index (Phi) is 6.41. The van der Waals surface area contributed by atoms with E-state index in [1.807, 2.05) is 6.07 Å². The second-order valence-corrected chi connectivity index (χ2v) is 7.66. The molecule has 140 valence electrons. The van der Waals surface area contributed by atoms with Crippen molar-refractivity contribution in [2.45, 2.75) is 59.0 Å². The van der Waals surface area contributed by atoms with Gasteiger partial charge >= 0.3 is 0 Å². The zero-order valence-corrected chi connectivity index (χ0v) is 15.8. The van der Waals surface area contributed by atoms with Gasteiger partial charge in [-0.1, -0.05) is 27.7 Å². The molecule has 1 aromatic rings. The number of aliphatic hydroxyl groups is 1. The number of anilines is 1. The molecule has 0 aliphatic carbocycles. The normalized spacial score (nSPS) is 20.2. The molecule has 0 amide bonds. The van der Waals surface area contributed by atoms with E-state index in [9.17, 15) is 15.2 Å². The van der Waals surface area contributed by atoms with E-state index < -0.39 is 0 Å². The summed E-state index contributed by atoms with van der Waals surface area (Å²) < 4.78 is 0. The first kappa shape index (κ1) is 19.7. The van der Waals surface area contributed by atoms with Gasteiger partial charge in [-0.05, 0) is 44.0 Å². The van der Waals surface area contributed by atoms with E-state index >= 15 is 0 Å². The van der Waals surface area contributed by atoms with E-state index in [4.69, 9.17) is 0 Å². The number of hydrogen-bond donors (Lipinski definition) is 2. The Labute approximate surface area is 150 Å². The van der Waals surface area contributed by atoms with Crippen LogP contribution in [0.25, 0.3) is 0 Å². The molecule has 6 heteroatoms. The molecule has 25 heavy (non-hydrogen) atoms. The lowest BCUT2D eigenvalue weighted by Gasteiger charge is -2.44. The monoisotopic (exact) mass is 349 g/mol. The van der Waals surface area contributed by atoms with Gasteiger partial charge in [-0.2, -0.15) is 0 Å². The van der Waals surface area contributed by atoms with Crippen LogP contribution in [0.5, 0.6) is 0 Å². The Bertz CT molecular complexity index is 598. The minimum atomic E-state index is -0.328. The lowest BCUT2D eigenvalue weighted by molar-refractivity contribution is -0.384. The number of aliphatic hydroxyl groups excluding tert-OH is 1. The first-order valence-electron chi connectivity index (χ1n) is 9.23. The summed E-state index contributed by atoms with van der Waals surface area (Å²) in [6.45, 7) is 10.5. The fraction of sp³-hybridized carbons (Fsp3) is 0.684. The van der Waals surface area contributed by atoms with Gasteiger partial charge in [0.1, 0.15) is 0 Å². The second-order valence-electron chi connectivity index (χ2n) is 7.66. The molecule has 1 aliphatic heterocycles. The number of non-ortho nitro benzene ring substituents is 1. The minimum Gasteiger partial charge on any atom is -0.396 e. The van der Waals surface area contributed by atoms with Crippen molar-refractivity contribution in [2.75, 3.05) is 25.0 Å². The Balaban J connectivity index is 2.46. The molecular weight excluding hydrogens is 318 g/mol. The molecule has 0 radical (unpaired) electrons. The first-order valence-corrected chi connectivity index (χ1v) is 9.23. The number of nitro benzene ring substituents is 1. The Morgan fingerprint density at radius 3 is 2.48 bits per heavy atom. The minimum absolute atomic E-state index is 0.0985. The maximum absolute atomic E-state index is 11.2. The smallest absolute Gasteiger partial charge is 0.269 e. The first-order chi connectivity index (χ1) is 11.8. The molecule has 2 rings (SSSR count). The largest absolute Gasteiger partial charge is 0.396 e. The van der Waals surface area contributed by atoms with Gasteiger partial charge < -0.3 is 10.4 Å². The summed E-state index contributed by atoms with van der Waals surface area (Å²) in [6.07, 6.45) is 2.92. The number of nitro groups is 1. The van der Waals surface area contributed by atoms with Gasteiger partial charge in [-0.25, -0.2) is 0 Å². The van der Waals surface area contributed by atoms with Crippen molar-refractivity contribution in [1.29, 1.82) is 0 Å². The van der Waals surface area contributed by atoms with E-state index in [0.717, 1.165) is 43.6 Å². The SMILES string of the molecule is CCCN(CCC)[C@H]1C[C@@H](C(C)(C)CO)Nc2ccc([N+](=O)[O-])cc21. The van der Waals surface area contributed by atoms with Crippen LogP contribution >= 0.6 is 0 Å². The molecule has 1 heterocycles. The molecule has 0 saturated heterocycles. The van der Waals surface area contributed by atoms with Crippen molar-refractivity contribution in [3.8, 4) is 0 Å². The fourth-order valence-corrected chi connectivity index (χ4v) is 3.64. The third-order valence-corrected chi connectivity index (χ3v) is 5.21. The lowest BCUT2D eigenvalue weighted by Crippen LogP contribution is -2.46. The summed E-state index contributed by atoms with van der Waals surface area (Å²) in [5, 5.41) is 24.5. The maximum Gasteiger partial charge on any atom is 0.269 e. The summed E-state index contributed by atoms with van der Waals surface area (Å²) in [5.41, 5.74) is 1.83. The van der Waals surface area contributed by atoms with E-state index in [2.05, 4.69) is 37.9 Å². The van der Waals surface area contributed by atoms with Crippen molar-refractivity contribution < 1.29 is 10.0 Å². The van der Waals surface area contributed by atoms with Crippen LogP contribution in [0, 0.1) is 15.5 Å². The van der Waals surface area contributed by atoms with Crippen LogP contribution in [0.2, 0.25) is 0 Å². The van der Waals surface area contributed by atoms with Crippen LogP contribution in [0.4, 0.5) is 11.4 Å². The molecule has 0 bridgehead atoms. The highest BCUT2D eigenvalue weighted by Crippen LogP contribution is 2.42. The quantitative estimate of drug-likeness (QED) is 0.548. The van der Waals surface area contributed by atoms with Gasteiger partial charge in [0.05, 0.1) is 11.5 Å². The van der Waals surface area contributed by atoms with Gasteiger partial charge in [0, 0.05) is 35.3 Å². The highest BCUT2D eigenvalue weighted by Gasteiger charge is 2.38. The molecule has 2 N–H and O–H groups in total. The van der Waals surface area contributed by atoms with Crippen LogP contribution in [-0.4, -0.2) is 40.7 Å². The molecule has 1 aliphatic rings. The van der Waals surface area contributed by atoms with Gasteiger partial charge in [0.2, 0.25) is 0 Å². The molecule has 0 unspecified atom stereocenters. The van der Waals surface area contributed by atoms with Crippen LogP contribution < -0.4 is 5.32 Å². The van der Waals surface area contributed by atoms with Crippen LogP contribution in [0.3, 0.4) is 0 Å². The third-order valence-electron chi connectivity index (χ3n) is 5.21. The molecule has 0 spiro atoms. The molecule has 0 aromatic heterocycles.